The standard InChI is InChI=1S/C12H17N3/c1-3-15(7-6-13)12-8-10(2)4-5-11(12)9-14/h4-5,8H,3,6-7,13H2,1-2H3. The third kappa shape index (κ3) is 2.71. The minimum absolute atomic E-state index is 0.604. The van der Waals surface area contributed by atoms with E-state index in [-0.39, 0.29) is 0 Å². The summed E-state index contributed by atoms with van der Waals surface area (Å²) >= 11 is 0. The van der Waals surface area contributed by atoms with E-state index in [0.29, 0.717) is 6.54 Å². The van der Waals surface area contributed by atoms with Gasteiger partial charge in [-0.3, -0.25) is 0 Å². The monoisotopic (exact) mass is 203 g/mol. The summed E-state index contributed by atoms with van der Waals surface area (Å²) in [4.78, 5) is 2.13. The van der Waals surface area contributed by atoms with Gasteiger partial charge in [0, 0.05) is 19.6 Å². The second-order valence-electron chi connectivity index (χ2n) is 3.50. The van der Waals surface area contributed by atoms with Crippen molar-refractivity contribution in [1.29, 1.82) is 5.26 Å². The molecule has 2 N–H and O–H groups in total. The number of nitriles is 1. The maximum atomic E-state index is 9.01. The molecule has 0 atom stereocenters. The van der Waals surface area contributed by atoms with Gasteiger partial charge in [-0.05, 0) is 31.5 Å². The van der Waals surface area contributed by atoms with E-state index >= 15 is 0 Å². The fourth-order valence-electron chi connectivity index (χ4n) is 1.60. The SMILES string of the molecule is CCN(CCN)c1cc(C)ccc1C#N. The molecule has 1 rings (SSSR count). The average Bonchev–Trinajstić information content (AvgIpc) is 2.26. The fraction of sp³-hybridized carbons (Fsp3) is 0.417. The minimum Gasteiger partial charge on any atom is -0.369 e. The van der Waals surface area contributed by atoms with Crippen LogP contribution < -0.4 is 10.6 Å². The highest BCUT2D eigenvalue weighted by atomic mass is 15.1. The van der Waals surface area contributed by atoms with Gasteiger partial charge in [0.05, 0.1) is 11.3 Å². The van der Waals surface area contributed by atoms with Crippen LogP contribution in [0.15, 0.2) is 18.2 Å². The van der Waals surface area contributed by atoms with Crippen LogP contribution in [-0.2, 0) is 0 Å². The molecule has 1 aromatic rings. The topological polar surface area (TPSA) is 53.0 Å². The van der Waals surface area contributed by atoms with Gasteiger partial charge in [0.1, 0.15) is 6.07 Å². The van der Waals surface area contributed by atoms with Crippen LogP contribution >= 0.6 is 0 Å². The van der Waals surface area contributed by atoms with Crippen molar-refractivity contribution in [3.63, 3.8) is 0 Å². The Bertz CT molecular complexity index is 366. The average molecular weight is 203 g/mol. The zero-order chi connectivity index (χ0) is 11.3. The van der Waals surface area contributed by atoms with E-state index in [9.17, 15) is 0 Å². The van der Waals surface area contributed by atoms with Gasteiger partial charge in [-0.2, -0.15) is 5.26 Å². The Kier molecular flexibility index (Phi) is 4.14. The number of rotatable bonds is 4. The van der Waals surface area contributed by atoms with Crippen molar-refractivity contribution in [2.24, 2.45) is 5.73 Å². The van der Waals surface area contributed by atoms with Crippen molar-refractivity contribution in [3.05, 3.63) is 29.3 Å². The summed E-state index contributed by atoms with van der Waals surface area (Å²) in [6.07, 6.45) is 0. The Morgan fingerprint density at radius 2 is 2.20 bits per heavy atom. The van der Waals surface area contributed by atoms with Crippen molar-refractivity contribution in [2.45, 2.75) is 13.8 Å². The molecule has 80 valence electrons. The molecule has 0 aliphatic heterocycles. The highest BCUT2D eigenvalue weighted by Gasteiger charge is 2.08. The van der Waals surface area contributed by atoms with Crippen molar-refractivity contribution < 1.29 is 0 Å². The summed E-state index contributed by atoms with van der Waals surface area (Å²) in [6.45, 7) is 6.36. The molecule has 0 saturated heterocycles. The molecule has 0 aliphatic rings. The lowest BCUT2D eigenvalue weighted by Crippen LogP contribution is -2.29. The van der Waals surface area contributed by atoms with E-state index in [1.807, 2.05) is 25.1 Å². The van der Waals surface area contributed by atoms with Crippen LogP contribution in [0.1, 0.15) is 18.1 Å². The van der Waals surface area contributed by atoms with E-state index in [1.165, 1.54) is 5.56 Å². The van der Waals surface area contributed by atoms with E-state index < -0.39 is 0 Å². The Morgan fingerprint density at radius 1 is 1.47 bits per heavy atom. The Morgan fingerprint density at radius 3 is 2.73 bits per heavy atom. The normalized spacial score (nSPS) is 9.73. The summed E-state index contributed by atoms with van der Waals surface area (Å²) in [5.74, 6) is 0. The molecule has 0 unspecified atom stereocenters. The van der Waals surface area contributed by atoms with Crippen LogP contribution in [0.25, 0.3) is 0 Å². The van der Waals surface area contributed by atoms with Crippen LogP contribution in [-0.4, -0.2) is 19.6 Å². The molecule has 3 nitrogen and oxygen atoms in total. The molecular weight excluding hydrogens is 186 g/mol. The van der Waals surface area contributed by atoms with Gasteiger partial charge in [-0.25, -0.2) is 0 Å². The lowest BCUT2D eigenvalue weighted by atomic mass is 10.1. The molecule has 0 heterocycles. The van der Waals surface area contributed by atoms with Gasteiger partial charge in [-0.1, -0.05) is 6.07 Å². The molecule has 0 aliphatic carbocycles. The first kappa shape index (κ1) is 11.5. The van der Waals surface area contributed by atoms with Gasteiger partial charge >= 0.3 is 0 Å². The maximum Gasteiger partial charge on any atom is 0.101 e. The Balaban J connectivity index is 3.09. The van der Waals surface area contributed by atoms with Crippen LogP contribution in [0.2, 0.25) is 0 Å². The molecule has 0 bridgehead atoms. The zero-order valence-corrected chi connectivity index (χ0v) is 9.33. The molecule has 15 heavy (non-hydrogen) atoms. The summed E-state index contributed by atoms with van der Waals surface area (Å²) in [6, 6.07) is 8.07. The number of anilines is 1. The van der Waals surface area contributed by atoms with E-state index in [1.54, 1.807) is 0 Å². The smallest absolute Gasteiger partial charge is 0.101 e. The van der Waals surface area contributed by atoms with Gasteiger partial charge in [0.2, 0.25) is 0 Å². The lowest BCUT2D eigenvalue weighted by Gasteiger charge is -2.23. The summed E-state index contributed by atoms with van der Waals surface area (Å²) in [7, 11) is 0. The lowest BCUT2D eigenvalue weighted by molar-refractivity contribution is 0.815. The highest BCUT2D eigenvalue weighted by Crippen LogP contribution is 2.21. The van der Waals surface area contributed by atoms with Gasteiger partial charge in [0.15, 0.2) is 0 Å². The summed E-state index contributed by atoms with van der Waals surface area (Å²) in [5.41, 5.74) is 8.42. The Hall–Kier alpha value is -1.53. The van der Waals surface area contributed by atoms with Crippen LogP contribution in [0.5, 0.6) is 0 Å². The van der Waals surface area contributed by atoms with E-state index in [0.717, 1.165) is 24.3 Å². The van der Waals surface area contributed by atoms with Crippen molar-refractivity contribution in [2.75, 3.05) is 24.5 Å². The molecular formula is C12H17N3. The largest absolute Gasteiger partial charge is 0.369 e. The first-order chi connectivity index (χ1) is 7.22. The predicted octanol–water partition coefficient (Wildman–Crippen LogP) is 1.65. The minimum atomic E-state index is 0.604. The molecule has 1 aromatic carbocycles. The van der Waals surface area contributed by atoms with Crippen molar-refractivity contribution in [3.8, 4) is 6.07 Å². The molecule has 0 fully saturated rings. The number of hydrogen-bond donors (Lipinski definition) is 1. The van der Waals surface area contributed by atoms with E-state index in [2.05, 4.69) is 17.9 Å². The number of nitrogens with zero attached hydrogens (tertiary/aromatic N) is 2. The summed E-state index contributed by atoms with van der Waals surface area (Å²) < 4.78 is 0. The zero-order valence-electron chi connectivity index (χ0n) is 9.33. The number of benzene rings is 1. The molecule has 0 saturated carbocycles. The highest BCUT2D eigenvalue weighted by molar-refractivity contribution is 5.60. The quantitative estimate of drug-likeness (QED) is 0.809. The first-order valence-corrected chi connectivity index (χ1v) is 5.18. The molecule has 0 radical (unpaired) electrons. The molecule has 0 amide bonds. The van der Waals surface area contributed by atoms with Crippen LogP contribution in [0.4, 0.5) is 5.69 Å². The first-order valence-electron chi connectivity index (χ1n) is 5.18. The summed E-state index contributed by atoms with van der Waals surface area (Å²) in [5, 5.41) is 9.01. The third-order valence-electron chi connectivity index (χ3n) is 2.40. The second-order valence-corrected chi connectivity index (χ2v) is 3.50. The van der Waals surface area contributed by atoms with E-state index in [4.69, 9.17) is 11.0 Å². The number of nitrogens with two attached hydrogens (primary N) is 1. The van der Waals surface area contributed by atoms with Crippen LogP contribution in [0.3, 0.4) is 0 Å². The Labute approximate surface area is 91.1 Å². The fourth-order valence-corrected chi connectivity index (χ4v) is 1.60. The predicted molar refractivity (Wildman–Crippen MR) is 62.8 cm³/mol. The third-order valence-corrected chi connectivity index (χ3v) is 2.40. The maximum absolute atomic E-state index is 9.01. The van der Waals surface area contributed by atoms with Gasteiger partial charge in [-0.15, -0.1) is 0 Å². The van der Waals surface area contributed by atoms with Gasteiger partial charge in [0.25, 0.3) is 0 Å². The van der Waals surface area contributed by atoms with Crippen LogP contribution in [0, 0.1) is 18.3 Å². The molecule has 0 spiro atoms. The number of aryl methyl sites for hydroxylation is 1. The van der Waals surface area contributed by atoms with Crippen molar-refractivity contribution in [1.82, 2.24) is 0 Å². The number of hydrogen-bond acceptors (Lipinski definition) is 3. The number of likely N-dealkylation sites (N-methyl/N-ethyl adjacent to an activating group) is 1. The second kappa shape index (κ2) is 5.38. The molecule has 3 heteroatoms. The van der Waals surface area contributed by atoms with Gasteiger partial charge < -0.3 is 10.6 Å². The molecule has 0 aromatic heterocycles. The van der Waals surface area contributed by atoms with Crippen molar-refractivity contribution >= 4 is 5.69 Å².